The molecule has 2 atom stereocenters. The molecule has 0 radical (unpaired) electrons. The highest BCUT2D eigenvalue weighted by Crippen LogP contribution is 2.23. The van der Waals surface area contributed by atoms with E-state index in [0.717, 1.165) is 5.75 Å². The van der Waals surface area contributed by atoms with E-state index in [1.165, 1.54) is 0 Å². The molecule has 0 rings (SSSR count). The summed E-state index contributed by atoms with van der Waals surface area (Å²) in [5.74, 6) is 1.14. The highest BCUT2D eigenvalue weighted by atomic mass is 32.2. The highest BCUT2D eigenvalue weighted by Gasteiger charge is 2.24. The fourth-order valence-electron chi connectivity index (χ4n) is 1.08. The van der Waals surface area contributed by atoms with Gasteiger partial charge in [-0.2, -0.15) is 0 Å². The number of hydrogen-bond acceptors (Lipinski definition) is 4. The van der Waals surface area contributed by atoms with Crippen LogP contribution in [0, 0.1) is 11.8 Å². The quantitative estimate of drug-likeness (QED) is 0.684. The zero-order chi connectivity index (χ0) is 11.8. The Morgan fingerprint density at radius 3 is 2.40 bits per heavy atom. The van der Waals surface area contributed by atoms with E-state index < -0.39 is 0 Å². The van der Waals surface area contributed by atoms with Gasteiger partial charge in [-0.15, -0.1) is 11.8 Å². The molecular formula is C11H22O3S. The van der Waals surface area contributed by atoms with Crippen LogP contribution < -0.4 is 0 Å². The van der Waals surface area contributed by atoms with Gasteiger partial charge >= 0.3 is 5.97 Å². The second-order valence-corrected chi connectivity index (χ2v) is 5.21. The van der Waals surface area contributed by atoms with Gasteiger partial charge in [-0.1, -0.05) is 20.8 Å². The maximum Gasteiger partial charge on any atom is 0.319 e. The molecule has 0 aliphatic carbocycles. The molecule has 0 heterocycles. The van der Waals surface area contributed by atoms with Gasteiger partial charge < -0.3 is 9.84 Å². The van der Waals surface area contributed by atoms with E-state index >= 15 is 0 Å². The molecule has 0 saturated heterocycles. The van der Waals surface area contributed by atoms with Crippen molar-refractivity contribution in [2.45, 2.75) is 32.9 Å². The summed E-state index contributed by atoms with van der Waals surface area (Å²) >= 11 is 1.58. The van der Waals surface area contributed by atoms with Gasteiger partial charge in [0.15, 0.2) is 0 Å². The Labute approximate surface area is 96.6 Å². The third kappa shape index (κ3) is 6.05. The zero-order valence-electron chi connectivity index (χ0n) is 10.0. The molecule has 2 unspecified atom stereocenters. The monoisotopic (exact) mass is 234 g/mol. The Kier molecular flexibility index (Phi) is 7.88. The summed E-state index contributed by atoms with van der Waals surface area (Å²) in [5, 5.41) is 8.79. The van der Waals surface area contributed by atoms with Crippen LogP contribution in [0.4, 0.5) is 0 Å². The smallest absolute Gasteiger partial charge is 0.319 e. The first-order valence-electron chi connectivity index (χ1n) is 5.42. The van der Waals surface area contributed by atoms with Crippen molar-refractivity contribution >= 4 is 17.7 Å². The summed E-state index contributed by atoms with van der Waals surface area (Å²) in [4.78, 5) is 11.6. The summed E-state index contributed by atoms with van der Waals surface area (Å²) < 4.78 is 5.01. The molecule has 0 saturated carbocycles. The summed E-state index contributed by atoms with van der Waals surface area (Å²) in [6, 6.07) is 0. The molecular weight excluding hydrogens is 212 g/mol. The minimum atomic E-state index is -0.136. The normalized spacial score (nSPS) is 15.1. The molecule has 0 aromatic carbocycles. The summed E-state index contributed by atoms with van der Waals surface area (Å²) in [6.07, 6.45) is 0. The third-order valence-corrected chi connectivity index (χ3v) is 3.85. The molecule has 0 fully saturated rings. The fourth-order valence-corrected chi connectivity index (χ4v) is 2.31. The Morgan fingerprint density at radius 2 is 2.00 bits per heavy atom. The van der Waals surface area contributed by atoms with E-state index in [1.54, 1.807) is 11.8 Å². The number of hydrogen-bond donors (Lipinski definition) is 1. The van der Waals surface area contributed by atoms with Crippen molar-refractivity contribution in [2.75, 3.05) is 19.0 Å². The van der Waals surface area contributed by atoms with Gasteiger partial charge in [0, 0.05) is 6.61 Å². The van der Waals surface area contributed by atoms with Crippen molar-refractivity contribution in [1.82, 2.24) is 0 Å². The second-order valence-electron chi connectivity index (χ2n) is 4.04. The Balaban J connectivity index is 4.10. The fraction of sp³-hybridized carbons (Fsp3) is 0.909. The van der Waals surface area contributed by atoms with E-state index in [9.17, 15) is 4.79 Å². The van der Waals surface area contributed by atoms with Gasteiger partial charge in [0.05, 0.1) is 6.61 Å². The first kappa shape index (κ1) is 14.8. The molecule has 0 aromatic heterocycles. The average molecular weight is 234 g/mol. The van der Waals surface area contributed by atoms with Gasteiger partial charge in [0.1, 0.15) is 5.25 Å². The number of ether oxygens (including phenoxy) is 1. The third-order valence-electron chi connectivity index (χ3n) is 2.00. The van der Waals surface area contributed by atoms with E-state index in [0.29, 0.717) is 6.61 Å². The van der Waals surface area contributed by atoms with Crippen molar-refractivity contribution in [3.8, 4) is 0 Å². The Hall–Kier alpha value is -0.220. The number of thioether (sulfide) groups is 1. The number of carbonyl (C=O) groups excluding carboxylic acids is 1. The zero-order valence-corrected chi connectivity index (χ0v) is 10.8. The number of aliphatic hydroxyl groups excluding tert-OH is 1. The van der Waals surface area contributed by atoms with Crippen LogP contribution in [0.3, 0.4) is 0 Å². The minimum absolute atomic E-state index is 0.112. The molecule has 0 bridgehead atoms. The summed E-state index contributed by atoms with van der Waals surface area (Å²) in [5.41, 5.74) is 0. The number of carbonyl (C=O) groups is 1. The first-order chi connectivity index (χ1) is 7.02. The van der Waals surface area contributed by atoms with E-state index in [-0.39, 0.29) is 29.7 Å². The van der Waals surface area contributed by atoms with Crippen LogP contribution >= 0.6 is 11.8 Å². The minimum Gasteiger partial charge on any atom is -0.465 e. The first-order valence-corrected chi connectivity index (χ1v) is 6.46. The lowest BCUT2D eigenvalue weighted by molar-refractivity contribution is -0.143. The van der Waals surface area contributed by atoms with Crippen LogP contribution in [0.25, 0.3) is 0 Å². The van der Waals surface area contributed by atoms with Gasteiger partial charge in [-0.05, 0) is 24.5 Å². The molecule has 0 aliphatic heterocycles. The number of aliphatic hydroxyl groups is 1. The van der Waals surface area contributed by atoms with Crippen LogP contribution in [-0.4, -0.2) is 35.3 Å². The van der Waals surface area contributed by atoms with Gasteiger partial charge in [0.2, 0.25) is 0 Å². The van der Waals surface area contributed by atoms with Gasteiger partial charge in [0.25, 0.3) is 0 Å². The number of esters is 1. The van der Waals surface area contributed by atoms with E-state index in [4.69, 9.17) is 9.84 Å². The topological polar surface area (TPSA) is 46.5 Å². The van der Waals surface area contributed by atoms with Crippen molar-refractivity contribution in [2.24, 2.45) is 11.8 Å². The lowest BCUT2D eigenvalue weighted by atomic mass is 10.1. The predicted octanol–water partition coefficient (Wildman–Crippen LogP) is 1.94. The molecule has 0 spiro atoms. The lowest BCUT2D eigenvalue weighted by Crippen LogP contribution is -2.27. The van der Waals surface area contributed by atoms with Crippen LogP contribution in [0.2, 0.25) is 0 Å². The molecule has 15 heavy (non-hydrogen) atoms. The van der Waals surface area contributed by atoms with Crippen LogP contribution in [-0.2, 0) is 9.53 Å². The van der Waals surface area contributed by atoms with Gasteiger partial charge in [-0.25, -0.2) is 0 Å². The van der Waals surface area contributed by atoms with Crippen LogP contribution in [0.1, 0.15) is 27.7 Å². The highest BCUT2D eigenvalue weighted by molar-refractivity contribution is 8.00. The summed E-state index contributed by atoms with van der Waals surface area (Å²) in [7, 11) is 0. The van der Waals surface area contributed by atoms with E-state index in [1.807, 2.05) is 27.7 Å². The molecule has 90 valence electrons. The summed E-state index contributed by atoms with van der Waals surface area (Å²) in [6.45, 7) is 8.40. The molecule has 0 amide bonds. The largest absolute Gasteiger partial charge is 0.465 e. The van der Waals surface area contributed by atoms with Crippen LogP contribution in [0.15, 0.2) is 0 Å². The van der Waals surface area contributed by atoms with Crippen LogP contribution in [0.5, 0.6) is 0 Å². The second kappa shape index (κ2) is 7.99. The molecule has 4 heteroatoms. The molecule has 3 nitrogen and oxygen atoms in total. The maximum absolute atomic E-state index is 11.6. The molecule has 1 N–H and O–H groups in total. The number of rotatable bonds is 7. The lowest BCUT2D eigenvalue weighted by Gasteiger charge is -2.19. The van der Waals surface area contributed by atoms with Crippen molar-refractivity contribution in [1.29, 1.82) is 0 Å². The van der Waals surface area contributed by atoms with Gasteiger partial charge in [-0.3, -0.25) is 4.79 Å². The Morgan fingerprint density at radius 1 is 1.40 bits per heavy atom. The SMILES string of the molecule is CCOC(=O)C(SCC(C)CO)C(C)C. The van der Waals surface area contributed by atoms with Crippen molar-refractivity contribution in [3.05, 3.63) is 0 Å². The van der Waals surface area contributed by atoms with E-state index in [2.05, 4.69) is 0 Å². The Bertz CT molecular complexity index is 183. The van der Waals surface area contributed by atoms with Crippen molar-refractivity contribution in [3.63, 3.8) is 0 Å². The van der Waals surface area contributed by atoms with Crippen molar-refractivity contribution < 1.29 is 14.6 Å². The maximum atomic E-state index is 11.6. The molecule has 0 aliphatic rings. The standard InChI is InChI=1S/C11H22O3S/c1-5-14-11(13)10(8(2)3)15-7-9(4)6-12/h8-10,12H,5-7H2,1-4H3. The molecule has 0 aromatic rings. The predicted molar refractivity (Wildman–Crippen MR) is 64.0 cm³/mol. The average Bonchev–Trinajstić information content (AvgIpc) is 2.17.